The second-order valence-corrected chi connectivity index (χ2v) is 5.48. The highest BCUT2D eigenvalue weighted by Crippen LogP contribution is 2.31. The first kappa shape index (κ1) is 20.3. The van der Waals surface area contributed by atoms with E-state index in [9.17, 15) is 13.2 Å². The van der Waals surface area contributed by atoms with E-state index in [1.807, 2.05) is 0 Å². The second-order valence-electron chi connectivity index (χ2n) is 5.48. The first-order valence-corrected chi connectivity index (χ1v) is 7.84. The van der Waals surface area contributed by atoms with E-state index in [1.54, 1.807) is 18.2 Å². The van der Waals surface area contributed by atoms with Crippen LogP contribution in [0.15, 0.2) is 47.6 Å². The number of anilines is 2. The van der Waals surface area contributed by atoms with Crippen molar-refractivity contribution < 1.29 is 23.0 Å². The average Bonchev–Trinajstić information content (AvgIpc) is 2.61. The van der Waals surface area contributed by atoms with Gasteiger partial charge in [0.2, 0.25) is 0 Å². The molecule has 0 radical (unpaired) electrons. The largest absolute Gasteiger partial charge is 0.497 e. The van der Waals surface area contributed by atoms with Crippen molar-refractivity contribution in [2.24, 2.45) is 16.7 Å². The Morgan fingerprint density at radius 3 is 2.44 bits per heavy atom. The molecular formula is C17H20F3N5O2. The van der Waals surface area contributed by atoms with Gasteiger partial charge in [-0.15, -0.1) is 5.10 Å². The number of nitrogens with two attached hydrogens (primary N) is 2. The highest BCUT2D eigenvalue weighted by molar-refractivity contribution is 6.03. The number of hydrazine groups is 1. The van der Waals surface area contributed by atoms with Crippen molar-refractivity contribution in [3.8, 4) is 5.75 Å². The van der Waals surface area contributed by atoms with Gasteiger partial charge in [0.15, 0.2) is 5.84 Å². The van der Waals surface area contributed by atoms with Crippen molar-refractivity contribution in [2.45, 2.75) is 6.18 Å². The molecule has 0 unspecified atom stereocenters. The molecule has 0 fully saturated rings. The number of halogens is 3. The summed E-state index contributed by atoms with van der Waals surface area (Å²) in [5, 5.41) is 16.8. The van der Waals surface area contributed by atoms with Gasteiger partial charge < -0.3 is 20.9 Å². The van der Waals surface area contributed by atoms with Gasteiger partial charge in [0.05, 0.1) is 25.8 Å². The number of hydrazone groups is 1. The van der Waals surface area contributed by atoms with E-state index >= 15 is 0 Å². The number of aliphatic hydroxyl groups is 1. The van der Waals surface area contributed by atoms with E-state index in [2.05, 4.69) is 10.4 Å². The Morgan fingerprint density at radius 2 is 1.89 bits per heavy atom. The van der Waals surface area contributed by atoms with Gasteiger partial charge in [0.25, 0.3) is 0 Å². The van der Waals surface area contributed by atoms with E-state index in [0.29, 0.717) is 22.7 Å². The second kappa shape index (κ2) is 8.60. The third-order valence-electron chi connectivity index (χ3n) is 3.56. The predicted molar refractivity (Wildman–Crippen MR) is 96.4 cm³/mol. The number of alkyl halides is 3. The number of nitrogens with one attached hydrogen (secondary N) is 1. The molecule has 2 aromatic carbocycles. The average molecular weight is 383 g/mol. The minimum atomic E-state index is -4.40. The quantitative estimate of drug-likeness (QED) is 0.253. The van der Waals surface area contributed by atoms with Crippen molar-refractivity contribution in [3.63, 3.8) is 0 Å². The van der Waals surface area contributed by atoms with Crippen molar-refractivity contribution >= 4 is 17.2 Å². The number of amidine groups is 1. The summed E-state index contributed by atoms with van der Waals surface area (Å²) in [5.41, 5.74) is 6.60. The molecule has 0 heterocycles. The maximum absolute atomic E-state index is 12.7. The molecule has 0 amide bonds. The van der Waals surface area contributed by atoms with Crippen LogP contribution in [0.2, 0.25) is 0 Å². The number of rotatable bonds is 7. The zero-order chi connectivity index (χ0) is 20.0. The van der Waals surface area contributed by atoms with Gasteiger partial charge in [-0.1, -0.05) is 0 Å². The summed E-state index contributed by atoms with van der Waals surface area (Å²) in [4.78, 5) is 0. The van der Waals surface area contributed by atoms with Crippen molar-refractivity contribution in [1.82, 2.24) is 5.12 Å². The van der Waals surface area contributed by atoms with Crippen LogP contribution in [0.4, 0.5) is 24.5 Å². The van der Waals surface area contributed by atoms with Crippen LogP contribution in [0.25, 0.3) is 0 Å². The van der Waals surface area contributed by atoms with Crippen LogP contribution in [-0.2, 0) is 6.18 Å². The van der Waals surface area contributed by atoms with Crippen LogP contribution >= 0.6 is 0 Å². The summed E-state index contributed by atoms with van der Waals surface area (Å²) in [6, 6.07) is 9.50. The molecule has 27 heavy (non-hydrogen) atoms. The van der Waals surface area contributed by atoms with Crippen LogP contribution in [-0.4, -0.2) is 36.3 Å². The Kier molecular flexibility index (Phi) is 6.48. The van der Waals surface area contributed by atoms with Crippen LogP contribution < -0.4 is 21.6 Å². The highest BCUT2D eigenvalue weighted by Gasteiger charge is 2.29. The number of hydrogen-bond donors (Lipinski definition) is 4. The minimum Gasteiger partial charge on any atom is -0.497 e. The number of hydrogen-bond acceptors (Lipinski definition) is 6. The molecule has 7 nitrogen and oxygen atoms in total. The summed E-state index contributed by atoms with van der Waals surface area (Å²) in [5.74, 6) is 6.15. The molecule has 0 aliphatic carbocycles. The molecule has 0 aromatic heterocycles. The van der Waals surface area contributed by atoms with Gasteiger partial charge >= 0.3 is 6.18 Å². The molecule has 146 valence electrons. The molecule has 2 aromatic rings. The maximum atomic E-state index is 12.7. The van der Waals surface area contributed by atoms with E-state index < -0.39 is 11.7 Å². The summed E-state index contributed by atoms with van der Waals surface area (Å²) in [7, 11) is 1.48. The lowest BCUT2D eigenvalue weighted by Crippen LogP contribution is -2.32. The molecule has 0 aliphatic heterocycles. The lowest BCUT2D eigenvalue weighted by Gasteiger charge is -2.16. The molecule has 0 bridgehead atoms. The fourth-order valence-corrected chi connectivity index (χ4v) is 2.21. The fourth-order valence-electron chi connectivity index (χ4n) is 2.21. The highest BCUT2D eigenvalue weighted by atomic mass is 19.4. The smallest absolute Gasteiger partial charge is 0.416 e. The Bertz CT molecular complexity index is 794. The van der Waals surface area contributed by atoms with Crippen molar-refractivity contribution in [3.05, 3.63) is 53.6 Å². The lowest BCUT2D eigenvalue weighted by molar-refractivity contribution is -0.137. The van der Waals surface area contributed by atoms with Crippen LogP contribution in [0.3, 0.4) is 0 Å². The zero-order valence-electron chi connectivity index (χ0n) is 14.5. The first-order chi connectivity index (χ1) is 12.7. The third kappa shape index (κ3) is 5.50. The van der Waals surface area contributed by atoms with Gasteiger partial charge in [-0.25, -0.2) is 11.0 Å². The number of methoxy groups -OCH3 is 1. The molecule has 0 spiro atoms. The summed E-state index contributed by atoms with van der Waals surface area (Å²) >= 11 is 0. The van der Waals surface area contributed by atoms with E-state index in [0.717, 1.165) is 17.3 Å². The molecule has 2 rings (SSSR count). The molecule has 0 saturated carbocycles. The SMILES string of the molecule is COc1ccc(Nc2ccc(C(F)(F)F)cc2)c(/C(N)=N/N(N)CCO)c1. The van der Waals surface area contributed by atoms with Gasteiger partial charge in [0.1, 0.15) is 5.75 Å². The zero-order valence-corrected chi connectivity index (χ0v) is 14.5. The Morgan fingerprint density at radius 1 is 1.22 bits per heavy atom. The fraction of sp³-hybridized carbons (Fsp3) is 0.235. The van der Waals surface area contributed by atoms with Gasteiger partial charge in [-0.3, -0.25) is 0 Å². The minimum absolute atomic E-state index is 0.0410. The maximum Gasteiger partial charge on any atom is 0.416 e. The van der Waals surface area contributed by atoms with Crippen molar-refractivity contribution in [2.75, 3.05) is 25.6 Å². The van der Waals surface area contributed by atoms with Gasteiger partial charge in [-0.05, 0) is 42.5 Å². The van der Waals surface area contributed by atoms with Crippen LogP contribution in [0.5, 0.6) is 5.75 Å². The lowest BCUT2D eigenvalue weighted by atomic mass is 10.1. The number of ether oxygens (including phenoxy) is 1. The molecule has 0 saturated heterocycles. The number of nitrogens with zero attached hydrogens (tertiary/aromatic N) is 2. The van der Waals surface area contributed by atoms with Crippen LogP contribution in [0.1, 0.15) is 11.1 Å². The Hall–Kier alpha value is -2.98. The Labute approximate surface area is 154 Å². The summed E-state index contributed by atoms with van der Waals surface area (Å²) in [6.07, 6.45) is -4.40. The van der Waals surface area contributed by atoms with E-state index in [1.165, 1.54) is 19.2 Å². The standard InChI is InChI=1S/C17H20F3N5O2/c1-27-13-6-7-15(14(10-13)16(21)24-25(22)8-9-26)23-12-4-2-11(3-5-12)17(18,19)20/h2-7,10,23,26H,8-9,22H2,1H3,(H2,21,24). The summed E-state index contributed by atoms with van der Waals surface area (Å²) in [6.45, 7) is -0.131. The third-order valence-corrected chi connectivity index (χ3v) is 3.56. The van der Waals surface area contributed by atoms with Gasteiger partial charge in [-0.2, -0.15) is 13.2 Å². The number of benzene rings is 2. The number of aliphatic hydroxyl groups excluding tert-OH is 1. The molecule has 10 heteroatoms. The molecule has 0 atom stereocenters. The van der Waals surface area contributed by atoms with E-state index in [-0.39, 0.29) is 19.0 Å². The molecular weight excluding hydrogens is 363 g/mol. The topological polar surface area (TPSA) is 109 Å². The van der Waals surface area contributed by atoms with Crippen molar-refractivity contribution in [1.29, 1.82) is 0 Å². The molecule has 6 N–H and O–H groups in total. The molecule has 0 aliphatic rings. The summed E-state index contributed by atoms with van der Waals surface area (Å²) < 4.78 is 43.2. The Balaban J connectivity index is 2.33. The normalized spacial score (nSPS) is 12.0. The first-order valence-electron chi connectivity index (χ1n) is 7.84. The monoisotopic (exact) mass is 383 g/mol. The predicted octanol–water partition coefficient (Wildman–Crippen LogP) is 2.25. The van der Waals surface area contributed by atoms with E-state index in [4.69, 9.17) is 21.4 Å². The van der Waals surface area contributed by atoms with Gasteiger partial charge in [0, 0.05) is 16.9 Å². The van der Waals surface area contributed by atoms with Crippen LogP contribution in [0, 0.1) is 0 Å².